The predicted octanol–water partition coefficient (Wildman–Crippen LogP) is 4.89. The van der Waals surface area contributed by atoms with E-state index in [0.29, 0.717) is 5.75 Å². The van der Waals surface area contributed by atoms with Crippen LogP contribution in [0.4, 0.5) is 0 Å². The van der Waals surface area contributed by atoms with Crippen LogP contribution in [0.25, 0.3) is 11.1 Å². The first kappa shape index (κ1) is 13.3. The van der Waals surface area contributed by atoms with Crippen molar-refractivity contribution >= 4 is 0 Å². The molecule has 0 aliphatic rings. The number of hydrogen-bond donors (Lipinski definition) is 0. The van der Waals surface area contributed by atoms with E-state index in [-0.39, 0.29) is 0 Å². The van der Waals surface area contributed by atoms with Gasteiger partial charge in [-0.2, -0.15) is 0 Å². The first-order chi connectivity index (χ1) is 10.2. The predicted molar refractivity (Wildman–Crippen MR) is 86.2 cm³/mol. The van der Waals surface area contributed by atoms with Gasteiger partial charge in [-0.3, -0.25) is 0 Å². The maximum absolute atomic E-state index is 7.51. The van der Waals surface area contributed by atoms with Crippen LogP contribution in [-0.4, -0.2) is 5.11 Å². The minimum Gasteiger partial charge on any atom is -0.593 e. The molecule has 21 heavy (non-hydrogen) atoms. The average molecular weight is 277 g/mol. The SMILES string of the molecule is Cc1ccc(Oc2ccc(-c3ccc([OH2+])cc3)cc2)cc1. The molecule has 3 aromatic rings. The van der Waals surface area contributed by atoms with Gasteiger partial charge in [-0.05, 0) is 54.4 Å². The molecular formula is C19H17O2+. The van der Waals surface area contributed by atoms with Gasteiger partial charge in [-0.25, -0.2) is 0 Å². The van der Waals surface area contributed by atoms with E-state index in [4.69, 9.17) is 9.84 Å². The number of aryl methyl sites for hydroxylation is 1. The van der Waals surface area contributed by atoms with Crippen molar-refractivity contribution in [3.8, 4) is 28.4 Å². The smallest absolute Gasteiger partial charge is 0.253 e. The summed E-state index contributed by atoms with van der Waals surface area (Å²) < 4.78 is 5.81. The van der Waals surface area contributed by atoms with Crippen molar-refractivity contribution in [2.45, 2.75) is 6.92 Å². The summed E-state index contributed by atoms with van der Waals surface area (Å²) in [7, 11) is 0. The molecule has 0 aliphatic heterocycles. The van der Waals surface area contributed by atoms with Crippen LogP contribution in [0.3, 0.4) is 0 Å². The van der Waals surface area contributed by atoms with Crippen LogP contribution in [0.5, 0.6) is 17.2 Å². The first-order valence-corrected chi connectivity index (χ1v) is 6.87. The molecule has 0 radical (unpaired) electrons. The van der Waals surface area contributed by atoms with Gasteiger partial charge in [-0.1, -0.05) is 29.8 Å². The molecule has 0 saturated heterocycles. The van der Waals surface area contributed by atoms with Crippen molar-refractivity contribution in [1.29, 1.82) is 0 Å². The van der Waals surface area contributed by atoms with Gasteiger partial charge in [-0.15, -0.1) is 0 Å². The highest BCUT2D eigenvalue weighted by atomic mass is 16.5. The Kier molecular flexibility index (Phi) is 3.61. The number of ether oxygens (including phenoxy) is 1. The zero-order chi connectivity index (χ0) is 14.7. The topological polar surface area (TPSA) is 32.1 Å². The van der Waals surface area contributed by atoms with Gasteiger partial charge >= 0.3 is 0 Å². The fraction of sp³-hybridized carbons (Fsp3) is 0.0526. The summed E-state index contributed by atoms with van der Waals surface area (Å²) in [5.41, 5.74) is 3.44. The van der Waals surface area contributed by atoms with E-state index in [2.05, 4.69) is 6.92 Å². The van der Waals surface area contributed by atoms with Gasteiger partial charge in [0.05, 0.1) is 0 Å². The van der Waals surface area contributed by atoms with Crippen LogP contribution < -0.4 is 4.74 Å². The van der Waals surface area contributed by atoms with Crippen molar-refractivity contribution in [2.75, 3.05) is 0 Å². The second-order valence-corrected chi connectivity index (χ2v) is 5.02. The van der Waals surface area contributed by atoms with Crippen molar-refractivity contribution in [1.82, 2.24) is 0 Å². The van der Waals surface area contributed by atoms with Gasteiger partial charge in [0.15, 0.2) is 0 Å². The summed E-state index contributed by atoms with van der Waals surface area (Å²) in [6.45, 7) is 2.06. The third-order valence-electron chi connectivity index (χ3n) is 3.33. The molecule has 0 amide bonds. The fourth-order valence-corrected chi connectivity index (χ4v) is 2.12. The molecule has 0 aromatic heterocycles. The maximum atomic E-state index is 7.51. The summed E-state index contributed by atoms with van der Waals surface area (Å²) >= 11 is 0. The van der Waals surface area contributed by atoms with Crippen LogP contribution in [0.2, 0.25) is 0 Å². The Bertz CT molecular complexity index is 711. The molecule has 2 nitrogen and oxygen atoms in total. The van der Waals surface area contributed by atoms with Crippen molar-refractivity contribution < 1.29 is 9.84 Å². The number of benzene rings is 3. The summed E-state index contributed by atoms with van der Waals surface area (Å²) in [6.07, 6.45) is 0. The Morgan fingerprint density at radius 1 is 0.619 bits per heavy atom. The quantitative estimate of drug-likeness (QED) is 0.627. The van der Waals surface area contributed by atoms with E-state index in [1.807, 2.05) is 60.7 Å². The van der Waals surface area contributed by atoms with E-state index in [1.165, 1.54) is 5.56 Å². The Hall–Kier alpha value is -2.74. The second-order valence-electron chi connectivity index (χ2n) is 5.02. The normalized spacial score (nSPS) is 10.3. The summed E-state index contributed by atoms with van der Waals surface area (Å²) in [5.74, 6) is 2.18. The average Bonchev–Trinajstić information content (AvgIpc) is 2.51. The highest BCUT2D eigenvalue weighted by molar-refractivity contribution is 5.64. The largest absolute Gasteiger partial charge is 0.593 e. The standard InChI is InChI=1S/C19H16O2/c1-14-2-10-18(11-3-14)21-19-12-6-16(7-13-19)15-4-8-17(20)9-5-15/h2-13,20H,1H3/p+1. The molecule has 0 bridgehead atoms. The monoisotopic (exact) mass is 277 g/mol. The van der Waals surface area contributed by atoms with Crippen LogP contribution >= 0.6 is 0 Å². The van der Waals surface area contributed by atoms with E-state index in [1.54, 1.807) is 12.1 Å². The highest BCUT2D eigenvalue weighted by Crippen LogP contribution is 2.26. The van der Waals surface area contributed by atoms with Crippen LogP contribution in [-0.2, 0) is 0 Å². The molecule has 104 valence electrons. The van der Waals surface area contributed by atoms with E-state index in [9.17, 15) is 0 Å². The van der Waals surface area contributed by atoms with Gasteiger partial charge in [0.2, 0.25) is 0 Å². The Balaban J connectivity index is 1.77. The minimum atomic E-state index is 0.526. The third-order valence-corrected chi connectivity index (χ3v) is 3.33. The van der Waals surface area contributed by atoms with E-state index in [0.717, 1.165) is 22.6 Å². The second kappa shape index (κ2) is 5.71. The lowest BCUT2D eigenvalue weighted by atomic mass is 10.1. The van der Waals surface area contributed by atoms with Crippen molar-refractivity contribution in [3.63, 3.8) is 0 Å². The minimum absolute atomic E-state index is 0.526. The van der Waals surface area contributed by atoms with Gasteiger partial charge in [0.25, 0.3) is 5.75 Å². The van der Waals surface area contributed by atoms with Crippen molar-refractivity contribution in [2.24, 2.45) is 0 Å². The molecule has 0 heterocycles. The lowest BCUT2D eigenvalue weighted by Crippen LogP contribution is -1.84. The molecule has 3 aromatic carbocycles. The zero-order valence-corrected chi connectivity index (χ0v) is 11.8. The molecule has 0 aliphatic carbocycles. The fourth-order valence-electron chi connectivity index (χ4n) is 2.12. The molecule has 3 rings (SSSR count). The zero-order valence-electron chi connectivity index (χ0n) is 11.8. The molecule has 2 heteroatoms. The molecule has 0 atom stereocenters. The van der Waals surface area contributed by atoms with E-state index < -0.39 is 0 Å². The van der Waals surface area contributed by atoms with Gasteiger partial charge in [0.1, 0.15) is 11.5 Å². The summed E-state index contributed by atoms with van der Waals surface area (Å²) in [5, 5.41) is 7.51. The Morgan fingerprint density at radius 2 is 1.05 bits per heavy atom. The molecule has 0 unspecified atom stereocenters. The summed E-state index contributed by atoms with van der Waals surface area (Å²) in [6, 6.07) is 23.5. The molecule has 0 saturated carbocycles. The van der Waals surface area contributed by atoms with E-state index >= 15 is 0 Å². The van der Waals surface area contributed by atoms with Crippen LogP contribution in [0.1, 0.15) is 5.56 Å². The highest BCUT2D eigenvalue weighted by Gasteiger charge is 2.01. The molecule has 0 spiro atoms. The Morgan fingerprint density at radius 3 is 1.57 bits per heavy atom. The van der Waals surface area contributed by atoms with Crippen LogP contribution in [0, 0.1) is 6.92 Å². The lowest BCUT2D eigenvalue weighted by molar-refractivity contribution is 0.475. The number of rotatable bonds is 3. The lowest BCUT2D eigenvalue weighted by Gasteiger charge is -2.07. The molecular weight excluding hydrogens is 260 g/mol. The maximum Gasteiger partial charge on any atom is 0.253 e. The van der Waals surface area contributed by atoms with Crippen molar-refractivity contribution in [3.05, 3.63) is 78.4 Å². The Labute approximate surface area is 124 Å². The first-order valence-electron chi connectivity index (χ1n) is 6.87. The third kappa shape index (κ3) is 3.23. The summed E-state index contributed by atoms with van der Waals surface area (Å²) in [4.78, 5) is 0. The van der Waals surface area contributed by atoms with Crippen LogP contribution in [0.15, 0.2) is 72.8 Å². The van der Waals surface area contributed by atoms with Gasteiger partial charge < -0.3 is 9.84 Å². The molecule has 2 N–H and O–H groups in total. The van der Waals surface area contributed by atoms with Gasteiger partial charge in [0, 0.05) is 12.1 Å². The molecule has 0 fully saturated rings. The number of hydrogen-bond acceptors (Lipinski definition) is 1.